The molecule has 1 N–H and O–H groups in total. The molecule has 0 unspecified atom stereocenters. The largest absolute Gasteiger partial charge is 0.465 e. The summed E-state index contributed by atoms with van der Waals surface area (Å²) in [6.07, 6.45) is 9.89. The van der Waals surface area contributed by atoms with Crippen molar-refractivity contribution in [2.45, 2.75) is 25.2 Å². The van der Waals surface area contributed by atoms with E-state index in [2.05, 4.69) is 20.2 Å². The Morgan fingerprint density at radius 2 is 1.89 bits per heavy atom. The molecule has 0 aliphatic carbocycles. The van der Waals surface area contributed by atoms with E-state index in [1.54, 1.807) is 21.8 Å². The van der Waals surface area contributed by atoms with Crippen molar-refractivity contribution in [3.63, 3.8) is 0 Å². The van der Waals surface area contributed by atoms with Gasteiger partial charge in [-0.3, -0.25) is 9.48 Å². The molecule has 0 radical (unpaired) electrons. The second kappa shape index (κ2) is 9.49. The summed E-state index contributed by atoms with van der Waals surface area (Å²) >= 11 is 0. The second-order valence-electron chi connectivity index (χ2n) is 8.70. The number of amides is 1. The molecule has 35 heavy (non-hydrogen) atoms. The monoisotopic (exact) mass is 471 g/mol. The number of hydrogen-bond acceptors (Lipinski definition) is 6. The van der Waals surface area contributed by atoms with E-state index in [0.717, 1.165) is 35.2 Å². The van der Waals surface area contributed by atoms with Gasteiger partial charge in [-0.25, -0.2) is 19.4 Å². The van der Waals surface area contributed by atoms with Crippen LogP contribution in [0.1, 0.15) is 35.6 Å². The molecule has 3 aromatic heterocycles. The summed E-state index contributed by atoms with van der Waals surface area (Å²) in [7, 11) is 1.83. The van der Waals surface area contributed by atoms with Gasteiger partial charge in [0.15, 0.2) is 5.82 Å². The maximum absolute atomic E-state index is 12.5. The molecule has 5 rings (SSSR count). The number of rotatable bonds is 5. The lowest BCUT2D eigenvalue weighted by Crippen LogP contribution is -2.36. The number of likely N-dealkylation sites (tertiary alicyclic amines) is 1. The fourth-order valence-electron chi connectivity index (χ4n) is 4.36. The summed E-state index contributed by atoms with van der Waals surface area (Å²) in [6.45, 7) is 1.06. The summed E-state index contributed by atoms with van der Waals surface area (Å²) < 4.78 is 3.33. The lowest BCUT2D eigenvalue weighted by Gasteiger charge is -2.29. The predicted octanol–water partition coefficient (Wildman–Crippen LogP) is 2.87. The van der Waals surface area contributed by atoms with E-state index < -0.39 is 6.09 Å². The molecule has 0 spiro atoms. The van der Waals surface area contributed by atoms with Gasteiger partial charge in [-0.15, -0.1) is 0 Å². The third-order valence-electron chi connectivity index (χ3n) is 6.30. The third kappa shape index (κ3) is 4.96. The summed E-state index contributed by atoms with van der Waals surface area (Å²) in [5.41, 5.74) is 3.93. The minimum atomic E-state index is -0.864. The van der Waals surface area contributed by atoms with Crippen LogP contribution in [0.3, 0.4) is 0 Å². The van der Waals surface area contributed by atoms with Crippen molar-refractivity contribution in [3.05, 3.63) is 88.4 Å². The highest BCUT2D eigenvalue weighted by molar-refractivity contribution is 5.65. The number of piperidine rings is 1. The number of aromatic nitrogens is 6. The van der Waals surface area contributed by atoms with Gasteiger partial charge in [-0.05, 0) is 36.0 Å². The van der Waals surface area contributed by atoms with Gasteiger partial charge in [0, 0.05) is 56.8 Å². The maximum atomic E-state index is 12.5. The fraction of sp³-hybridized carbons (Fsp3) is 0.280. The lowest BCUT2D eigenvalue weighted by molar-refractivity contribution is 0.132. The van der Waals surface area contributed by atoms with Crippen molar-refractivity contribution in [1.82, 2.24) is 34.4 Å². The Morgan fingerprint density at radius 3 is 2.57 bits per heavy atom. The molecule has 10 nitrogen and oxygen atoms in total. The Balaban J connectivity index is 1.32. The Morgan fingerprint density at radius 1 is 1.11 bits per heavy atom. The zero-order valence-corrected chi connectivity index (χ0v) is 19.3. The Hall–Kier alpha value is -4.34. The Labute approximate surface area is 201 Å². The zero-order chi connectivity index (χ0) is 24.4. The number of aryl methyl sites for hydroxylation is 1. The third-order valence-corrected chi connectivity index (χ3v) is 6.30. The van der Waals surface area contributed by atoms with Crippen molar-refractivity contribution in [2.24, 2.45) is 7.05 Å². The fourth-order valence-corrected chi connectivity index (χ4v) is 4.36. The molecule has 1 aliphatic heterocycles. The minimum absolute atomic E-state index is 0.120. The topological polar surface area (TPSA) is 119 Å². The molecule has 4 heterocycles. The predicted molar refractivity (Wildman–Crippen MR) is 128 cm³/mol. The first-order valence-electron chi connectivity index (χ1n) is 11.4. The van der Waals surface area contributed by atoms with E-state index in [4.69, 9.17) is 5.11 Å². The molecule has 0 bridgehead atoms. The number of carboxylic acid groups (broad SMARTS) is 1. The van der Waals surface area contributed by atoms with Crippen LogP contribution in [0, 0.1) is 0 Å². The lowest BCUT2D eigenvalue weighted by atomic mass is 9.91. The molecule has 4 aromatic rings. The van der Waals surface area contributed by atoms with Crippen LogP contribution in [-0.4, -0.2) is 58.7 Å². The molecule has 0 atom stereocenters. The first-order chi connectivity index (χ1) is 17.0. The number of carbonyl (C=O) groups is 1. The van der Waals surface area contributed by atoms with Gasteiger partial charge in [-0.1, -0.05) is 18.2 Å². The summed E-state index contributed by atoms with van der Waals surface area (Å²) in [5.74, 6) is 0.865. The molecule has 1 fully saturated rings. The zero-order valence-electron chi connectivity index (χ0n) is 19.3. The van der Waals surface area contributed by atoms with Crippen LogP contribution in [0.25, 0.3) is 17.1 Å². The van der Waals surface area contributed by atoms with Crippen LogP contribution in [0.5, 0.6) is 0 Å². The second-order valence-corrected chi connectivity index (χ2v) is 8.70. The smallest absolute Gasteiger partial charge is 0.407 e. The number of benzene rings is 1. The van der Waals surface area contributed by atoms with Crippen LogP contribution < -0.4 is 5.43 Å². The van der Waals surface area contributed by atoms with Crippen LogP contribution in [-0.2, 0) is 13.5 Å². The Kier molecular flexibility index (Phi) is 6.09. The van der Waals surface area contributed by atoms with E-state index >= 15 is 0 Å². The van der Waals surface area contributed by atoms with Gasteiger partial charge in [0.25, 0.3) is 0 Å². The summed E-state index contributed by atoms with van der Waals surface area (Å²) in [6, 6.07) is 9.31. The first-order valence-corrected chi connectivity index (χ1v) is 11.4. The molecular formula is C25H25N7O3. The molecule has 178 valence electrons. The molecule has 1 aliphatic rings. The maximum Gasteiger partial charge on any atom is 0.407 e. The van der Waals surface area contributed by atoms with Gasteiger partial charge in [0.1, 0.15) is 11.4 Å². The first kappa shape index (κ1) is 22.5. The average Bonchev–Trinajstić information content (AvgIpc) is 3.32. The summed E-state index contributed by atoms with van der Waals surface area (Å²) in [5, 5.41) is 17.8. The highest BCUT2D eigenvalue weighted by Crippen LogP contribution is 2.28. The van der Waals surface area contributed by atoms with Gasteiger partial charge < -0.3 is 10.0 Å². The quantitative estimate of drug-likeness (QED) is 0.475. The van der Waals surface area contributed by atoms with E-state index in [1.165, 1.54) is 11.0 Å². The molecule has 1 aromatic carbocycles. The van der Waals surface area contributed by atoms with E-state index in [1.807, 2.05) is 49.9 Å². The van der Waals surface area contributed by atoms with Crippen molar-refractivity contribution in [3.8, 4) is 17.1 Å². The molecule has 10 heteroatoms. The SMILES string of the molecule is Cn1cc(-n2ccc(=O)c(Cc3cccc(-c4ncc(C5CCN(C(=O)O)CC5)cn4)c3)n2)cn1. The van der Waals surface area contributed by atoms with E-state index in [9.17, 15) is 9.59 Å². The van der Waals surface area contributed by atoms with Gasteiger partial charge in [0.05, 0.1) is 12.4 Å². The molecular weight excluding hydrogens is 446 g/mol. The molecule has 1 amide bonds. The standard InChI is InChI=1S/C25H25N7O3/c1-30-16-21(15-28-30)32-10-7-23(33)22(29-32)12-17-3-2-4-19(11-17)24-26-13-20(14-27-24)18-5-8-31(9-6-18)25(34)35/h2-4,7,10-11,13-16,18H,5-6,8-9,12H2,1H3,(H,34,35). The average molecular weight is 472 g/mol. The molecule has 0 saturated carbocycles. The number of nitrogens with zero attached hydrogens (tertiary/aromatic N) is 7. The van der Waals surface area contributed by atoms with E-state index in [0.29, 0.717) is 31.0 Å². The van der Waals surface area contributed by atoms with Gasteiger partial charge in [-0.2, -0.15) is 10.2 Å². The number of hydrogen-bond donors (Lipinski definition) is 1. The van der Waals surface area contributed by atoms with Gasteiger partial charge in [0.2, 0.25) is 5.43 Å². The Bertz CT molecular complexity index is 1400. The van der Waals surface area contributed by atoms with Gasteiger partial charge >= 0.3 is 6.09 Å². The molecule has 1 saturated heterocycles. The highest BCUT2D eigenvalue weighted by Gasteiger charge is 2.23. The van der Waals surface area contributed by atoms with Crippen LogP contribution in [0.2, 0.25) is 0 Å². The van der Waals surface area contributed by atoms with E-state index in [-0.39, 0.29) is 11.3 Å². The minimum Gasteiger partial charge on any atom is -0.465 e. The van der Waals surface area contributed by atoms with Crippen LogP contribution in [0.4, 0.5) is 4.79 Å². The van der Waals surface area contributed by atoms with Crippen LogP contribution in [0.15, 0.2) is 66.1 Å². The van der Waals surface area contributed by atoms with Crippen molar-refractivity contribution in [1.29, 1.82) is 0 Å². The van der Waals surface area contributed by atoms with Crippen molar-refractivity contribution >= 4 is 6.09 Å². The van der Waals surface area contributed by atoms with Crippen LogP contribution >= 0.6 is 0 Å². The van der Waals surface area contributed by atoms with Crippen molar-refractivity contribution < 1.29 is 9.90 Å². The van der Waals surface area contributed by atoms with Crippen molar-refractivity contribution in [2.75, 3.05) is 13.1 Å². The highest BCUT2D eigenvalue weighted by atomic mass is 16.4. The normalized spacial score (nSPS) is 14.3. The summed E-state index contributed by atoms with van der Waals surface area (Å²) in [4.78, 5) is 34.2.